The fraction of sp³-hybridized carbons (Fsp3) is 0.800. The third kappa shape index (κ3) is 3.51. The lowest BCUT2D eigenvalue weighted by molar-refractivity contribution is -0.139. The number of nitrogens with zero attached hydrogens (tertiary/aromatic N) is 2. The third-order valence-corrected chi connectivity index (χ3v) is 2.78. The molecular formula is C10H18N2O3. The minimum Gasteiger partial charge on any atom is -0.481 e. The van der Waals surface area contributed by atoms with E-state index in [1.54, 1.807) is 7.05 Å². The standard InChI is InChI=1S/C10H18N2O3/c1-11-5-3-8(7-11)10(15)12(2)6-4-9(13)14/h8H,3-7H2,1-2H3,(H,13,14). The molecule has 1 saturated heterocycles. The Balaban J connectivity index is 2.35. The molecule has 0 bridgehead atoms. The largest absolute Gasteiger partial charge is 0.481 e. The molecule has 1 aliphatic rings. The summed E-state index contributed by atoms with van der Waals surface area (Å²) in [4.78, 5) is 25.8. The Hall–Kier alpha value is -1.10. The molecule has 1 fully saturated rings. The fourth-order valence-corrected chi connectivity index (χ4v) is 1.82. The fourth-order valence-electron chi connectivity index (χ4n) is 1.82. The van der Waals surface area contributed by atoms with E-state index >= 15 is 0 Å². The molecule has 0 saturated carbocycles. The van der Waals surface area contributed by atoms with Crippen LogP contribution in [0.5, 0.6) is 0 Å². The smallest absolute Gasteiger partial charge is 0.305 e. The predicted molar refractivity (Wildman–Crippen MR) is 55.5 cm³/mol. The number of aliphatic carboxylic acids is 1. The number of hydrogen-bond donors (Lipinski definition) is 1. The van der Waals surface area contributed by atoms with Crippen LogP contribution in [0.15, 0.2) is 0 Å². The molecule has 1 atom stereocenters. The average Bonchev–Trinajstić information content (AvgIpc) is 2.60. The summed E-state index contributed by atoms with van der Waals surface area (Å²) in [5, 5.41) is 8.51. The van der Waals surface area contributed by atoms with E-state index in [4.69, 9.17) is 5.11 Å². The van der Waals surface area contributed by atoms with Gasteiger partial charge in [-0.1, -0.05) is 0 Å². The van der Waals surface area contributed by atoms with E-state index in [1.807, 2.05) is 7.05 Å². The lowest BCUT2D eigenvalue weighted by Crippen LogP contribution is -2.35. The zero-order valence-electron chi connectivity index (χ0n) is 9.27. The summed E-state index contributed by atoms with van der Waals surface area (Å²) in [5.74, 6) is -0.743. The summed E-state index contributed by atoms with van der Waals surface area (Å²) in [6.07, 6.45) is 0.900. The van der Waals surface area contributed by atoms with Crippen molar-refractivity contribution >= 4 is 11.9 Å². The van der Waals surface area contributed by atoms with Crippen molar-refractivity contribution in [1.82, 2.24) is 9.80 Å². The van der Waals surface area contributed by atoms with E-state index in [-0.39, 0.29) is 18.2 Å². The van der Waals surface area contributed by atoms with Gasteiger partial charge in [-0.3, -0.25) is 9.59 Å². The summed E-state index contributed by atoms with van der Waals surface area (Å²) in [6, 6.07) is 0. The second-order valence-electron chi connectivity index (χ2n) is 4.15. The topological polar surface area (TPSA) is 60.9 Å². The minimum atomic E-state index is -0.863. The molecule has 0 aromatic rings. The van der Waals surface area contributed by atoms with Crippen LogP contribution in [0.2, 0.25) is 0 Å². The number of carbonyl (C=O) groups is 2. The first-order chi connectivity index (χ1) is 7.00. The number of hydrogen-bond acceptors (Lipinski definition) is 3. The number of rotatable bonds is 4. The van der Waals surface area contributed by atoms with E-state index in [2.05, 4.69) is 4.90 Å². The molecule has 0 aliphatic carbocycles. The van der Waals surface area contributed by atoms with Crippen LogP contribution < -0.4 is 0 Å². The maximum Gasteiger partial charge on any atom is 0.305 e. The van der Waals surface area contributed by atoms with E-state index < -0.39 is 5.97 Å². The number of carboxylic acid groups (broad SMARTS) is 1. The van der Waals surface area contributed by atoms with Gasteiger partial charge in [0.05, 0.1) is 12.3 Å². The zero-order chi connectivity index (χ0) is 11.4. The highest BCUT2D eigenvalue weighted by Crippen LogP contribution is 2.16. The molecule has 5 heteroatoms. The highest BCUT2D eigenvalue weighted by Gasteiger charge is 2.28. The van der Waals surface area contributed by atoms with Crippen LogP contribution in [-0.2, 0) is 9.59 Å². The molecular weight excluding hydrogens is 196 g/mol. The minimum absolute atomic E-state index is 0.0187. The third-order valence-electron chi connectivity index (χ3n) is 2.78. The van der Waals surface area contributed by atoms with Crippen LogP contribution >= 0.6 is 0 Å². The molecule has 86 valence electrons. The molecule has 5 nitrogen and oxygen atoms in total. The van der Waals surface area contributed by atoms with Gasteiger partial charge in [-0.05, 0) is 20.0 Å². The highest BCUT2D eigenvalue weighted by molar-refractivity contribution is 5.79. The number of amides is 1. The molecule has 0 radical (unpaired) electrons. The molecule has 15 heavy (non-hydrogen) atoms. The van der Waals surface area contributed by atoms with E-state index in [0.717, 1.165) is 19.5 Å². The molecule has 1 unspecified atom stereocenters. The van der Waals surface area contributed by atoms with Crippen LogP contribution in [0.25, 0.3) is 0 Å². The molecule has 1 N–H and O–H groups in total. The SMILES string of the molecule is CN1CCC(C(=O)N(C)CCC(=O)O)C1. The van der Waals surface area contributed by atoms with Crippen molar-refractivity contribution in [3.05, 3.63) is 0 Å². The van der Waals surface area contributed by atoms with Gasteiger partial charge in [0.1, 0.15) is 0 Å². The lowest BCUT2D eigenvalue weighted by atomic mass is 10.1. The summed E-state index contributed by atoms with van der Waals surface area (Å²) in [6.45, 7) is 2.04. The molecule has 0 aromatic heterocycles. The Kier molecular flexibility index (Phi) is 4.08. The van der Waals surface area contributed by atoms with Gasteiger partial charge in [-0.2, -0.15) is 0 Å². The highest BCUT2D eigenvalue weighted by atomic mass is 16.4. The van der Waals surface area contributed by atoms with Crippen molar-refractivity contribution in [3.63, 3.8) is 0 Å². The summed E-state index contributed by atoms with van der Waals surface area (Å²) in [7, 11) is 3.66. The average molecular weight is 214 g/mol. The summed E-state index contributed by atoms with van der Waals surface area (Å²) < 4.78 is 0. The normalized spacial score (nSPS) is 21.6. The second-order valence-corrected chi connectivity index (χ2v) is 4.15. The Morgan fingerprint density at radius 1 is 1.53 bits per heavy atom. The van der Waals surface area contributed by atoms with Crippen molar-refractivity contribution in [1.29, 1.82) is 0 Å². The Morgan fingerprint density at radius 2 is 2.20 bits per heavy atom. The second kappa shape index (κ2) is 5.11. The quantitative estimate of drug-likeness (QED) is 0.708. The van der Waals surface area contributed by atoms with Gasteiger partial charge in [-0.25, -0.2) is 0 Å². The molecule has 1 amide bonds. The van der Waals surface area contributed by atoms with Gasteiger partial charge in [0, 0.05) is 20.1 Å². The molecule has 1 aliphatic heterocycles. The molecule has 1 heterocycles. The first kappa shape index (κ1) is 12.0. The molecule has 0 aromatic carbocycles. The van der Waals surface area contributed by atoms with Crippen molar-refractivity contribution in [3.8, 4) is 0 Å². The van der Waals surface area contributed by atoms with Crippen molar-refractivity contribution < 1.29 is 14.7 Å². The van der Waals surface area contributed by atoms with Gasteiger partial charge < -0.3 is 14.9 Å². The van der Waals surface area contributed by atoms with Gasteiger partial charge in [0.25, 0.3) is 0 Å². The van der Waals surface area contributed by atoms with Crippen LogP contribution in [-0.4, -0.2) is 60.5 Å². The molecule has 1 rings (SSSR count). The summed E-state index contributed by atoms with van der Waals surface area (Å²) in [5.41, 5.74) is 0. The van der Waals surface area contributed by atoms with Gasteiger partial charge in [-0.15, -0.1) is 0 Å². The van der Waals surface area contributed by atoms with Crippen LogP contribution in [0.4, 0.5) is 0 Å². The number of carbonyl (C=O) groups excluding carboxylic acids is 1. The van der Waals surface area contributed by atoms with Gasteiger partial charge >= 0.3 is 5.97 Å². The Labute approximate surface area is 89.7 Å². The monoisotopic (exact) mass is 214 g/mol. The maximum absolute atomic E-state index is 11.8. The first-order valence-corrected chi connectivity index (χ1v) is 5.16. The van der Waals surface area contributed by atoms with Crippen LogP contribution in [0.3, 0.4) is 0 Å². The Morgan fingerprint density at radius 3 is 2.67 bits per heavy atom. The number of carboxylic acids is 1. The predicted octanol–water partition coefficient (Wildman–Crippen LogP) is -0.129. The molecule has 0 spiro atoms. The summed E-state index contributed by atoms with van der Waals surface area (Å²) >= 11 is 0. The van der Waals surface area contributed by atoms with Crippen molar-refractivity contribution in [2.24, 2.45) is 5.92 Å². The van der Waals surface area contributed by atoms with Gasteiger partial charge in [0.2, 0.25) is 5.91 Å². The van der Waals surface area contributed by atoms with Crippen molar-refractivity contribution in [2.75, 3.05) is 33.7 Å². The van der Waals surface area contributed by atoms with Crippen molar-refractivity contribution in [2.45, 2.75) is 12.8 Å². The van der Waals surface area contributed by atoms with Gasteiger partial charge in [0.15, 0.2) is 0 Å². The maximum atomic E-state index is 11.8. The van der Waals surface area contributed by atoms with E-state index in [0.29, 0.717) is 6.54 Å². The van der Waals surface area contributed by atoms with E-state index in [1.165, 1.54) is 4.90 Å². The first-order valence-electron chi connectivity index (χ1n) is 5.16. The zero-order valence-corrected chi connectivity index (χ0v) is 9.27. The van der Waals surface area contributed by atoms with Crippen LogP contribution in [0.1, 0.15) is 12.8 Å². The Bertz CT molecular complexity index is 255. The lowest BCUT2D eigenvalue weighted by Gasteiger charge is -2.20. The van der Waals surface area contributed by atoms with E-state index in [9.17, 15) is 9.59 Å². The van der Waals surface area contributed by atoms with Crippen LogP contribution in [0, 0.1) is 5.92 Å². The number of likely N-dealkylation sites (tertiary alicyclic amines) is 1.